The van der Waals surface area contributed by atoms with Gasteiger partial charge in [-0.25, -0.2) is 0 Å². The second-order valence-corrected chi connectivity index (χ2v) is 6.03. The molecule has 1 atom stereocenters. The van der Waals surface area contributed by atoms with E-state index in [1.54, 1.807) is 0 Å². The summed E-state index contributed by atoms with van der Waals surface area (Å²) in [6.07, 6.45) is 1.09. The topological polar surface area (TPSA) is 38.7 Å². The molecule has 1 saturated heterocycles. The van der Waals surface area contributed by atoms with E-state index in [1.807, 2.05) is 60.7 Å². The average molecular weight is 312 g/mol. The van der Waals surface area contributed by atoms with Gasteiger partial charge in [-0.1, -0.05) is 74.5 Å². The fraction of sp³-hybridized carbons (Fsp3) is 0.400. The predicted molar refractivity (Wildman–Crippen MR) is 90.0 cm³/mol. The summed E-state index contributed by atoms with van der Waals surface area (Å²) < 4.78 is 12.2. The third-order valence-electron chi connectivity index (χ3n) is 4.83. The molecule has 122 valence electrons. The Kier molecular flexibility index (Phi) is 4.53. The van der Waals surface area contributed by atoms with Gasteiger partial charge >= 0.3 is 0 Å². The molecule has 1 aliphatic heterocycles. The van der Waals surface area contributed by atoms with E-state index in [-0.39, 0.29) is 0 Å². The van der Waals surface area contributed by atoms with Gasteiger partial charge in [0, 0.05) is 0 Å². The lowest BCUT2D eigenvalue weighted by molar-refractivity contribution is -0.191. The van der Waals surface area contributed by atoms with Crippen LogP contribution in [0.25, 0.3) is 0 Å². The van der Waals surface area contributed by atoms with Gasteiger partial charge in [0.2, 0.25) is 0 Å². The summed E-state index contributed by atoms with van der Waals surface area (Å²) in [7, 11) is 0. The molecular weight excluding hydrogens is 288 g/mol. The van der Waals surface area contributed by atoms with Gasteiger partial charge in [-0.2, -0.15) is 0 Å². The highest BCUT2D eigenvalue weighted by atomic mass is 16.7. The van der Waals surface area contributed by atoms with E-state index in [0.29, 0.717) is 6.61 Å². The maximum atomic E-state index is 11.7. The van der Waals surface area contributed by atoms with Crippen molar-refractivity contribution < 1.29 is 14.6 Å². The van der Waals surface area contributed by atoms with Gasteiger partial charge in [0.25, 0.3) is 0 Å². The molecule has 0 aliphatic carbocycles. The SMILES string of the molecule is CCC1(CC)OCC(C(O)(c2ccccc2)c2ccccc2)O1. The highest BCUT2D eigenvalue weighted by molar-refractivity contribution is 5.38. The van der Waals surface area contributed by atoms with Crippen molar-refractivity contribution in [1.82, 2.24) is 0 Å². The Labute approximate surface area is 137 Å². The van der Waals surface area contributed by atoms with Crippen LogP contribution in [0.4, 0.5) is 0 Å². The standard InChI is InChI=1S/C20H24O3/c1-3-19(4-2)22-15-18(23-19)20(21,16-11-7-5-8-12-16)17-13-9-6-10-14-17/h5-14,18,21H,3-4,15H2,1-2H3. The molecule has 3 rings (SSSR count). The van der Waals surface area contributed by atoms with Crippen molar-refractivity contribution in [2.75, 3.05) is 6.61 Å². The van der Waals surface area contributed by atoms with E-state index >= 15 is 0 Å². The van der Waals surface area contributed by atoms with Crippen molar-refractivity contribution in [3.05, 3.63) is 71.8 Å². The van der Waals surface area contributed by atoms with Gasteiger partial charge in [-0.3, -0.25) is 0 Å². The molecule has 0 aromatic heterocycles. The molecule has 23 heavy (non-hydrogen) atoms. The summed E-state index contributed by atoms with van der Waals surface area (Å²) in [6.45, 7) is 4.48. The first-order valence-electron chi connectivity index (χ1n) is 8.30. The minimum absolute atomic E-state index is 0.377. The van der Waals surface area contributed by atoms with Crippen LogP contribution in [0.2, 0.25) is 0 Å². The minimum Gasteiger partial charge on any atom is -0.378 e. The van der Waals surface area contributed by atoms with E-state index < -0.39 is 17.5 Å². The van der Waals surface area contributed by atoms with Crippen LogP contribution in [-0.4, -0.2) is 23.6 Å². The molecule has 1 unspecified atom stereocenters. The summed E-state index contributed by atoms with van der Waals surface area (Å²) in [5, 5.41) is 11.7. The Morgan fingerprint density at radius 3 is 1.83 bits per heavy atom. The van der Waals surface area contributed by atoms with E-state index in [2.05, 4.69) is 13.8 Å². The zero-order valence-electron chi connectivity index (χ0n) is 13.7. The lowest BCUT2D eigenvalue weighted by Crippen LogP contribution is -2.43. The highest BCUT2D eigenvalue weighted by Crippen LogP contribution is 2.42. The van der Waals surface area contributed by atoms with Gasteiger partial charge in [0.05, 0.1) is 6.61 Å². The highest BCUT2D eigenvalue weighted by Gasteiger charge is 2.50. The first kappa shape index (κ1) is 16.2. The molecule has 2 aromatic carbocycles. The van der Waals surface area contributed by atoms with Crippen LogP contribution in [0.15, 0.2) is 60.7 Å². The van der Waals surface area contributed by atoms with Gasteiger partial charge < -0.3 is 14.6 Å². The molecule has 1 aliphatic rings. The predicted octanol–water partition coefficient (Wildman–Crippen LogP) is 3.85. The molecule has 0 bridgehead atoms. The van der Waals surface area contributed by atoms with E-state index in [0.717, 1.165) is 24.0 Å². The molecular formula is C20H24O3. The number of aliphatic hydroxyl groups is 1. The van der Waals surface area contributed by atoms with Crippen LogP contribution >= 0.6 is 0 Å². The lowest BCUT2D eigenvalue weighted by atomic mass is 9.82. The van der Waals surface area contributed by atoms with E-state index in [9.17, 15) is 5.11 Å². The molecule has 3 nitrogen and oxygen atoms in total. The molecule has 0 saturated carbocycles. The summed E-state index contributed by atoms with van der Waals surface area (Å²) in [5.41, 5.74) is 0.417. The van der Waals surface area contributed by atoms with Crippen molar-refractivity contribution in [3.63, 3.8) is 0 Å². The quantitative estimate of drug-likeness (QED) is 0.911. The summed E-state index contributed by atoms with van der Waals surface area (Å²) in [5.74, 6) is -0.595. The van der Waals surface area contributed by atoms with Crippen LogP contribution in [0.3, 0.4) is 0 Å². The largest absolute Gasteiger partial charge is 0.378 e. The Morgan fingerprint density at radius 2 is 1.43 bits per heavy atom. The van der Waals surface area contributed by atoms with E-state index in [1.165, 1.54) is 0 Å². The Bertz CT molecular complexity index is 580. The Morgan fingerprint density at radius 1 is 0.957 bits per heavy atom. The maximum absolute atomic E-state index is 11.7. The molecule has 1 N–H and O–H groups in total. The van der Waals surface area contributed by atoms with Crippen LogP contribution < -0.4 is 0 Å². The molecule has 1 heterocycles. The van der Waals surface area contributed by atoms with Crippen molar-refractivity contribution in [2.45, 2.75) is 44.2 Å². The number of ether oxygens (including phenoxy) is 2. The van der Waals surface area contributed by atoms with Gasteiger partial charge in [-0.05, 0) is 24.0 Å². The van der Waals surface area contributed by atoms with Crippen molar-refractivity contribution >= 4 is 0 Å². The van der Waals surface area contributed by atoms with Crippen LogP contribution in [-0.2, 0) is 15.1 Å². The molecule has 0 amide bonds. The van der Waals surface area contributed by atoms with Crippen LogP contribution in [0, 0.1) is 0 Å². The number of hydrogen-bond acceptors (Lipinski definition) is 3. The zero-order chi connectivity index (χ0) is 16.3. The second kappa shape index (κ2) is 6.44. The van der Waals surface area contributed by atoms with Gasteiger partial charge in [0.1, 0.15) is 11.7 Å². The fourth-order valence-electron chi connectivity index (χ4n) is 3.30. The zero-order valence-corrected chi connectivity index (χ0v) is 13.7. The number of hydrogen-bond donors (Lipinski definition) is 1. The smallest absolute Gasteiger partial charge is 0.168 e. The number of rotatable bonds is 5. The fourth-order valence-corrected chi connectivity index (χ4v) is 3.30. The number of benzene rings is 2. The first-order valence-corrected chi connectivity index (χ1v) is 8.30. The van der Waals surface area contributed by atoms with Gasteiger partial charge in [0.15, 0.2) is 5.79 Å². The second-order valence-electron chi connectivity index (χ2n) is 6.03. The molecule has 2 aromatic rings. The Balaban J connectivity index is 2.04. The minimum atomic E-state index is -1.23. The summed E-state index contributed by atoms with van der Waals surface area (Å²) in [4.78, 5) is 0. The summed E-state index contributed by atoms with van der Waals surface area (Å²) in [6, 6.07) is 19.4. The normalized spacial score (nSPS) is 20.6. The first-order chi connectivity index (χ1) is 11.1. The molecule has 0 radical (unpaired) electrons. The van der Waals surface area contributed by atoms with Gasteiger partial charge in [-0.15, -0.1) is 0 Å². The third kappa shape index (κ3) is 2.80. The van der Waals surface area contributed by atoms with Crippen molar-refractivity contribution in [1.29, 1.82) is 0 Å². The molecule has 3 heteroatoms. The summed E-state index contributed by atoms with van der Waals surface area (Å²) >= 11 is 0. The average Bonchev–Trinajstić information content (AvgIpc) is 3.08. The van der Waals surface area contributed by atoms with E-state index in [4.69, 9.17) is 9.47 Å². The van der Waals surface area contributed by atoms with Crippen LogP contribution in [0.5, 0.6) is 0 Å². The Hall–Kier alpha value is -1.68. The lowest BCUT2D eigenvalue weighted by Gasteiger charge is -2.35. The van der Waals surface area contributed by atoms with Crippen LogP contribution in [0.1, 0.15) is 37.8 Å². The molecule has 1 fully saturated rings. The van der Waals surface area contributed by atoms with Crippen molar-refractivity contribution in [3.8, 4) is 0 Å². The molecule has 0 spiro atoms. The maximum Gasteiger partial charge on any atom is 0.168 e. The van der Waals surface area contributed by atoms with Crippen molar-refractivity contribution in [2.24, 2.45) is 0 Å². The monoisotopic (exact) mass is 312 g/mol. The third-order valence-corrected chi connectivity index (χ3v) is 4.83.